The number of phenolic OH excluding ortho intramolecular Hbond substituents is 1. The molecule has 1 aromatic carbocycles. The van der Waals surface area contributed by atoms with Gasteiger partial charge in [-0.15, -0.1) is 13.2 Å². The Balaban J connectivity index is 3.23. The maximum absolute atomic E-state index is 12.4. The molecule has 4 nitrogen and oxygen atoms in total. The first-order chi connectivity index (χ1) is 6.84. The number of carbonyl (C=O) groups excluding carboxylic acids is 1. The molecular formula is C8H7F3N2O2. The minimum Gasteiger partial charge on any atom is -0.506 e. The first kappa shape index (κ1) is 11.2. The van der Waals surface area contributed by atoms with E-state index in [0.717, 1.165) is 12.1 Å². The van der Waals surface area contributed by atoms with Crippen molar-refractivity contribution in [2.75, 3.05) is 4.90 Å². The van der Waals surface area contributed by atoms with Gasteiger partial charge in [-0.25, -0.2) is 9.69 Å². The molecule has 0 fully saturated rings. The van der Waals surface area contributed by atoms with Gasteiger partial charge in [0, 0.05) is 0 Å². The van der Waals surface area contributed by atoms with Gasteiger partial charge in [0.15, 0.2) is 0 Å². The Kier molecular flexibility index (Phi) is 2.74. The number of aromatic hydroxyl groups is 1. The van der Waals surface area contributed by atoms with Gasteiger partial charge in [-0.1, -0.05) is 12.1 Å². The van der Waals surface area contributed by atoms with E-state index >= 15 is 0 Å². The Morgan fingerprint density at radius 3 is 2.27 bits per heavy atom. The summed E-state index contributed by atoms with van der Waals surface area (Å²) in [6.45, 7) is 0. The van der Waals surface area contributed by atoms with Crippen molar-refractivity contribution in [3.8, 4) is 5.75 Å². The number of primary amides is 1. The average Bonchev–Trinajstić information content (AvgIpc) is 2.05. The maximum Gasteiger partial charge on any atom is 0.493 e. The number of phenols is 1. The van der Waals surface area contributed by atoms with E-state index in [-0.39, 0.29) is 0 Å². The van der Waals surface area contributed by atoms with Crippen molar-refractivity contribution in [3.05, 3.63) is 24.3 Å². The molecule has 0 saturated carbocycles. The molecule has 0 atom stereocenters. The number of rotatable bonds is 1. The highest BCUT2D eigenvalue weighted by Crippen LogP contribution is 2.34. The van der Waals surface area contributed by atoms with Gasteiger partial charge >= 0.3 is 12.3 Å². The number of urea groups is 1. The molecule has 0 aliphatic rings. The van der Waals surface area contributed by atoms with E-state index < -0.39 is 28.7 Å². The van der Waals surface area contributed by atoms with Gasteiger partial charge in [-0.3, -0.25) is 0 Å². The fourth-order valence-electron chi connectivity index (χ4n) is 1.03. The van der Waals surface area contributed by atoms with E-state index in [1.165, 1.54) is 12.1 Å². The monoisotopic (exact) mass is 220 g/mol. The summed E-state index contributed by atoms with van der Waals surface area (Å²) in [5.41, 5.74) is 3.88. The number of halogens is 3. The van der Waals surface area contributed by atoms with E-state index in [2.05, 4.69) is 5.73 Å². The van der Waals surface area contributed by atoms with Crippen molar-refractivity contribution in [1.82, 2.24) is 0 Å². The lowest BCUT2D eigenvalue weighted by Gasteiger charge is -2.23. The largest absolute Gasteiger partial charge is 0.506 e. The normalized spacial score (nSPS) is 11.1. The van der Waals surface area contributed by atoms with Crippen LogP contribution in [0.25, 0.3) is 0 Å². The number of benzene rings is 1. The molecule has 0 aromatic heterocycles. The highest BCUT2D eigenvalue weighted by molar-refractivity contribution is 5.92. The first-order valence-electron chi connectivity index (χ1n) is 3.78. The van der Waals surface area contributed by atoms with Crippen LogP contribution >= 0.6 is 0 Å². The highest BCUT2D eigenvalue weighted by atomic mass is 19.4. The standard InChI is InChI=1S/C8H7F3N2O2/c9-8(10,11)13(7(12)15)5-3-1-2-4-6(5)14/h1-4,14H,(H2,12,15). The molecule has 0 spiro atoms. The number of carbonyl (C=O) groups is 1. The SMILES string of the molecule is NC(=O)N(c1ccccc1O)C(F)(F)F. The number of alkyl halides is 3. The van der Waals surface area contributed by atoms with Crippen LogP contribution in [-0.2, 0) is 0 Å². The van der Waals surface area contributed by atoms with Crippen LogP contribution in [0.3, 0.4) is 0 Å². The Morgan fingerprint density at radius 1 is 1.33 bits per heavy atom. The van der Waals surface area contributed by atoms with Crippen LogP contribution in [0.2, 0.25) is 0 Å². The second kappa shape index (κ2) is 3.68. The summed E-state index contributed by atoms with van der Waals surface area (Å²) >= 11 is 0. The van der Waals surface area contributed by atoms with Gasteiger partial charge in [0.2, 0.25) is 0 Å². The van der Waals surface area contributed by atoms with Crippen LogP contribution in [-0.4, -0.2) is 17.4 Å². The molecule has 15 heavy (non-hydrogen) atoms. The quantitative estimate of drug-likeness (QED) is 0.708. The molecule has 0 heterocycles. The summed E-state index contributed by atoms with van der Waals surface area (Å²) in [6.07, 6.45) is -4.97. The number of hydrogen-bond donors (Lipinski definition) is 2. The summed E-state index contributed by atoms with van der Waals surface area (Å²) in [5, 5.41) is 9.14. The van der Waals surface area contributed by atoms with Crippen molar-refractivity contribution in [3.63, 3.8) is 0 Å². The molecule has 3 N–H and O–H groups in total. The number of anilines is 1. The summed E-state index contributed by atoms with van der Waals surface area (Å²) in [4.78, 5) is 9.98. The third-order valence-corrected chi connectivity index (χ3v) is 1.60. The van der Waals surface area contributed by atoms with Crippen molar-refractivity contribution in [1.29, 1.82) is 0 Å². The van der Waals surface area contributed by atoms with Crippen molar-refractivity contribution >= 4 is 11.7 Å². The second-order valence-electron chi connectivity index (χ2n) is 2.63. The summed E-state index contributed by atoms with van der Waals surface area (Å²) in [6, 6.07) is 2.83. The zero-order chi connectivity index (χ0) is 11.6. The van der Waals surface area contributed by atoms with E-state index in [1.54, 1.807) is 0 Å². The molecule has 1 rings (SSSR count). The lowest BCUT2D eigenvalue weighted by molar-refractivity contribution is -0.121. The van der Waals surface area contributed by atoms with E-state index in [9.17, 15) is 18.0 Å². The highest BCUT2D eigenvalue weighted by Gasteiger charge is 2.42. The Hall–Kier alpha value is -1.92. The molecule has 2 amide bonds. The third kappa shape index (κ3) is 2.30. The second-order valence-corrected chi connectivity index (χ2v) is 2.63. The minimum atomic E-state index is -4.97. The molecule has 82 valence electrons. The third-order valence-electron chi connectivity index (χ3n) is 1.60. The summed E-state index contributed by atoms with van der Waals surface area (Å²) in [5.74, 6) is -0.673. The van der Waals surface area contributed by atoms with Crippen LogP contribution < -0.4 is 10.6 Å². The lowest BCUT2D eigenvalue weighted by atomic mass is 10.3. The van der Waals surface area contributed by atoms with E-state index in [4.69, 9.17) is 5.11 Å². The topological polar surface area (TPSA) is 66.6 Å². The maximum atomic E-state index is 12.4. The van der Waals surface area contributed by atoms with Crippen molar-refractivity contribution < 1.29 is 23.1 Å². The predicted molar refractivity (Wildman–Crippen MR) is 46.2 cm³/mol. The zero-order valence-corrected chi connectivity index (χ0v) is 7.32. The fourth-order valence-corrected chi connectivity index (χ4v) is 1.03. The number of nitrogens with zero attached hydrogens (tertiary/aromatic N) is 1. The summed E-state index contributed by atoms with van der Waals surface area (Å²) < 4.78 is 37.1. The minimum absolute atomic E-state index is 0.637. The Morgan fingerprint density at radius 2 is 1.87 bits per heavy atom. The van der Waals surface area contributed by atoms with Crippen LogP contribution in [0.15, 0.2) is 24.3 Å². The number of amides is 2. The lowest BCUT2D eigenvalue weighted by Crippen LogP contribution is -2.46. The molecule has 0 saturated heterocycles. The van der Waals surface area contributed by atoms with Crippen molar-refractivity contribution in [2.24, 2.45) is 5.73 Å². The average molecular weight is 220 g/mol. The number of nitrogens with two attached hydrogens (primary N) is 1. The molecule has 1 aromatic rings. The number of para-hydroxylation sites is 2. The van der Waals surface area contributed by atoms with Gasteiger partial charge in [-0.2, -0.15) is 0 Å². The summed E-state index contributed by atoms with van der Waals surface area (Å²) in [7, 11) is 0. The van der Waals surface area contributed by atoms with Gasteiger partial charge in [-0.05, 0) is 12.1 Å². The molecule has 0 bridgehead atoms. The van der Waals surface area contributed by atoms with Crippen LogP contribution in [0, 0.1) is 0 Å². The van der Waals surface area contributed by atoms with Crippen LogP contribution in [0.1, 0.15) is 0 Å². The first-order valence-corrected chi connectivity index (χ1v) is 3.78. The van der Waals surface area contributed by atoms with Crippen LogP contribution in [0.5, 0.6) is 5.75 Å². The molecule has 7 heteroatoms. The van der Waals surface area contributed by atoms with Gasteiger partial charge in [0.25, 0.3) is 0 Å². The smallest absolute Gasteiger partial charge is 0.493 e. The van der Waals surface area contributed by atoms with Crippen LogP contribution in [0.4, 0.5) is 23.7 Å². The van der Waals surface area contributed by atoms with E-state index in [0.29, 0.717) is 0 Å². The molecular weight excluding hydrogens is 213 g/mol. The molecule has 0 aliphatic carbocycles. The Labute approximate surface area is 82.7 Å². The molecule has 0 aliphatic heterocycles. The van der Waals surface area contributed by atoms with Gasteiger partial charge in [0.05, 0.1) is 5.69 Å². The van der Waals surface area contributed by atoms with Crippen molar-refractivity contribution in [2.45, 2.75) is 6.30 Å². The zero-order valence-electron chi connectivity index (χ0n) is 7.32. The number of hydrogen-bond acceptors (Lipinski definition) is 2. The van der Waals surface area contributed by atoms with Gasteiger partial charge in [0.1, 0.15) is 5.75 Å². The van der Waals surface area contributed by atoms with Gasteiger partial charge < -0.3 is 10.8 Å². The molecule has 0 radical (unpaired) electrons. The van der Waals surface area contributed by atoms with E-state index in [1.807, 2.05) is 0 Å². The predicted octanol–water partition coefficient (Wildman–Crippen LogP) is 1.80. The fraction of sp³-hybridized carbons (Fsp3) is 0.125. The molecule has 0 unspecified atom stereocenters. The Bertz CT molecular complexity index is 378.